The van der Waals surface area contributed by atoms with Gasteiger partial charge in [0.2, 0.25) is 0 Å². The molecule has 0 atom stereocenters. The van der Waals surface area contributed by atoms with E-state index in [1.165, 1.54) is 125 Å². The fourth-order valence-corrected chi connectivity index (χ4v) is 13.2. The Kier molecular flexibility index (Phi) is 9.30. The molecule has 4 aliphatic rings. The lowest BCUT2D eigenvalue weighted by Gasteiger charge is -2.46. The fraction of sp³-hybridized carbons (Fsp3) is 0.467. The number of hydrogen-bond donors (Lipinski definition) is 0. The van der Waals surface area contributed by atoms with Crippen LogP contribution in [-0.4, -0.2) is 6.71 Å². The van der Waals surface area contributed by atoms with Gasteiger partial charge in [-0.3, -0.25) is 0 Å². The Hall–Kier alpha value is -4.28. The van der Waals surface area contributed by atoms with Crippen LogP contribution in [0.3, 0.4) is 0 Å². The molecule has 0 saturated heterocycles. The van der Waals surface area contributed by atoms with Gasteiger partial charge in [-0.25, -0.2) is 0 Å². The van der Waals surface area contributed by atoms with E-state index in [9.17, 15) is 0 Å². The van der Waals surface area contributed by atoms with Gasteiger partial charge in [-0.05, 0) is 168 Å². The molecule has 2 aliphatic heterocycles. The van der Waals surface area contributed by atoms with Crippen molar-refractivity contribution < 1.29 is 0 Å². The quantitative estimate of drug-likeness (QED) is 0.160. The summed E-state index contributed by atoms with van der Waals surface area (Å²) >= 11 is 2.07. The summed E-state index contributed by atoms with van der Waals surface area (Å²) in [7, 11) is 0. The van der Waals surface area contributed by atoms with Crippen LogP contribution >= 0.6 is 11.3 Å². The maximum Gasteiger partial charge on any atom is 0.264 e. The predicted octanol–water partition coefficient (Wildman–Crippen LogP) is 15.6. The standard InChI is InChI=1S/C60H73BN2S/c1-54(2,3)36-18-21-39(22-19-36)62-47-25-20-37(55(4,5)6)30-46(47)61-51-48(62)31-38(56(7,8)9)32-49(51)63(40-23-24-42-43(33-40)58(12,13)27-26-57(42,10)11)52-41-34-44-45(35-50(41)64-53(52)61)60(16,17)29-28-59(44,14)15/h18-25,30-35H,26-29H2,1-17H3. The molecule has 0 saturated carbocycles. The summed E-state index contributed by atoms with van der Waals surface area (Å²) in [5, 5.41) is 1.41. The van der Waals surface area contributed by atoms with Gasteiger partial charge in [-0.2, -0.15) is 0 Å². The molecule has 6 aromatic rings. The summed E-state index contributed by atoms with van der Waals surface area (Å²) in [4.78, 5) is 5.38. The van der Waals surface area contributed by atoms with Crippen LogP contribution in [0, 0.1) is 0 Å². The minimum absolute atomic E-state index is 0.00293. The highest BCUT2D eigenvalue weighted by molar-refractivity contribution is 7.33. The normalized spacial score (nSPS) is 19.2. The zero-order valence-electron chi connectivity index (χ0n) is 42.3. The molecule has 1 aromatic heterocycles. The number of nitrogens with zero attached hydrogens (tertiary/aromatic N) is 2. The Bertz CT molecular complexity index is 2900. The summed E-state index contributed by atoms with van der Waals surface area (Å²) in [6.45, 7) is 41.1. The summed E-state index contributed by atoms with van der Waals surface area (Å²) in [6, 6.07) is 35.0. The van der Waals surface area contributed by atoms with Gasteiger partial charge in [0.05, 0.1) is 5.69 Å². The van der Waals surface area contributed by atoms with Crippen molar-refractivity contribution in [2.24, 2.45) is 0 Å². The highest BCUT2D eigenvalue weighted by atomic mass is 32.1. The van der Waals surface area contributed by atoms with Gasteiger partial charge in [-0.15, -0.1) is 11.3 Å². The second kappa shape index (κ2) is 13.7. The molecule has 2 nitrogen and oxygen atoms in total. The molecule has 0 fully saturated rings. The van der Waals surface area contributed by atoms with Crippen molar-refractivity contribution in [2.45, 2.75) is 181 Å². The van der Waals surface area contributed by atoms with Gasteiger partial charge in [0, 0.05) is 43.3 Å². The first kappa shape index (κ1) is 43.6. The molecule has 0 spiro atoms. The Balaban J connectivity index is 1.36. The van der Waals surface area contributed by atoms with E-state index < -0.39 is 0 Å². The molecule has 0 radical (unpaired) electrons. The summed E-state index contributed by atoms with van der Waals surface area (Å²) in [6.07, 6.45) is 4.80. The minimum atomic E-state index is -0.0850. The van der Waals surface area contributed by atoms with Crippen molar-refractivity contribution in [3.8, 4) is 0 Å². The SMILES string of the molecule is CC(C)(C)c1ccc(N2c3ccc(C(C)(C)C)cc3B3c4sc5cc6c(cc5c4N(c4ccc5c(c4)C(C)(C)CCC5(C)C)c4cc(C(C)(C)C)cc2c43)C(C)(C)CCC6(C)C)cc1. The monoisotopic (exact) mass is 865 g/mol. The molecule has 5 aromatic carbocycles. The zero-order valence-corrected chi connectivity index (χ0v) is 43.1. The van der Waals surface area contributed by atoms with Crippen LogP contribution in [0.5, 0.6) is 0 Å². The van der Waals surface area contributed by atoms with E-state index in [1.54, 1.807) is 0 Å². The van der Waals surface area contributed by atoms with E-state index in [2.05, 4.69) is 224 Å². The second-order valence-corrected chi connectivity index (χ2v) is 27.2. The first-order valence-electron chi connectivity index (χ1n) is 24.4. The van der Waals surface area contributed by atoms with E-state index >= 15 is 0 Å². The Morgan fingerprint density at radius 3 is 1.50 bits per heavy atom. The molecule has 0 amide bonds. The molecule has 0 bridgehead atoms. The molecule has 0 unspecified atom stereocenters. The minimum Gasteiger partial charge on any atom is -0.311 e. The second-order valence-electron chi connectivity index (χ2n) is 26.1. The molecule has 10 rings (SSSR count). The highest BCUT2D eigenvalue weighted by Gasteiger charge is 2.48. The van der Waals surface area contributed by atoms with Crippen molar-refractivity contribution in [3.63, 3.8) is 0 Å². The number of anilines is 6. The molecule has 2 aliphatic carbocycles. The molecule has 332 valence electrons. The third kappa shape index (κ3) is 6.60. The van der Waals surface area contributed by atoms with Gasteiger partial charge in [0.25, 0.3) is 6.71 Å². The Morgan fingerprint density at radius 2 is 0.938 bits per heavy atom. The number of thiophene rings is 1. The number of hydrogen-bond acceptors (Lipinski definition) is 3. The van der Waals surface area contributed by atoms with E-state index in [4.69, 9.17) is 0 Å². The van der Waals surface area contributed by atoms with Crippen LogP contribution in [0.1, 0.15) is 182 Å². The summed E-state index contributed by atoms with van der Waals surface area (Å²) < 4.78 is 2.88. The molecule has 4 heteroatoms. The zero-order chi connectivity index (χ0) is 46.1. The van der Waals surface area contributed by atoms with Gasteiger partial charge >= 0.3 is 0 Å². The largest absolute Gasteiger partial charge is 0.311 e. The number of rotatable bonds is 2. The van der Waals surface area contributed by atoms with Crippen LogP contribution < -0.4 is 25.5 Å². The van der Waals surface area contributed by atoms with Crippen molar-refractivity contribution in [1.29, 1.82) is 0 Å². The van der Waals surface area contributed by atoms with Gasteiger partial charge < -0.3 is 9.80 Å². The first-order valence-corrected chi connectivity index (χ1v) is 25.2. The molecular weight excluding hydrogens is 792 g/mol. The maximum atomic E-state index is 2.75. The van der Waals surface area contributed by atoms with Crippen LogP contribution in [0.25, 0.3) is 10.1 Å². The molecule has 3 heterocycles. The molecule has 0 N–H and O–H groups in total. The smallest absolute Gasteiger partial charge is 0.264 e. The topological polar surface area (TPSA) is 6.48 Å². The lowest BCUT2D eigenvalue weighted by atomic mass is 9.36. The summed E-state index contributed by atoms with van der Waals surface area (Å²) in [5.74, 6) is 0. The van der Waals surface area contributed by atoms with Gasteiger partial charge in [0.15, 0.2) is 0 Å². The van der Waals surface area contributed by atoms with Crippen molar-refractivity contribution in [3.05, 3.63) is 124 Å². The van der Waals surface area contributed by atoms with Gasteiger partial charge in [-0.1, -0.05) is 148 Å². The van der Waals surface area contributed by atoms with E-state index in [0.717, 1.165) is 0 Å². The van der Waals surface area contributed by atoms with Crippen LogP contribution in [0.4, 0.5) is 34.1 Å². The lowest BCUT2D eigenvalue weighted by molar-refractivity contribution is 0.332. The van der Waals surface area contributed by atoms with Crippen LogP contribution in [0.2, 0.25) is 0 Å². The molecule has 64 heavy (non-hydrogen) atoms. The maximum absolute atomic E-state index is 2.75. The van der Waals surface area contributed by atoms with Crippen LogP contribution in [0.15, 0.2) is 84.9 Å². The predicted molar refractivity (Wildman–Crippen MR) is 283 cm³/mol. The molecular formula is C60H73BN2S. The lowest BCUT2D eigenvalue weighted by Crippen LogP contribution is -2.60. The summed E-state index contributed by atoms with van der Waals surface area (Å²) in [5.41, 5.74) is 21.3. The Morgan fingerprint density at radius 1 is 0.453 bits per heavy atom. The number of benzene rings is 5. The van der Waals surface area contributed by atoms with Crippen molar-refractivity contribution in [1.82, 2.24) is 0 Å². The Labute approximate surface area is 391 Å². The van der Waals surface area contributed by atoms with E-state index in [0.29, 0.717) is 0 Å². The average molecular weight is 865 g/mol. The van der Waals surface area contributed by atoms with E-state index in [1.807, 2.05) is 0 Å². The average Bonchev–Trinajstić information content (AvgIpc) is 3.58. The van der Waals surface area contributed by atoms with E-state index in [-0.39, 0.29) is 44.6 Å². The number of fused-ring (bicyclic) bond motifs is 8. The van der Waals surface area contributed by atoms with Crippen molar-refractivity contribution in [2.75, 3.05) is 9.80 Å². The fourth-order valence-electron chi connectivity index (χ4n) is 11.8. The van der Waals surface area contributed by atoms with Crippen molar-refractivity contribution >= 4 is 78.0 Å². The first-order chi connectivity index (χ1) is 29.6. The van der Waals surface area contributed by atoms with Crippen LogP contribution in [-0.2, 0) is 37.9 Å². The van der Waals surface area contributed by atoms with Gasteiger partial charge in [0.1, 0.15) is 0 Å². The third-order valence-electron chi connectivity index (χ3n) is 16.5. The third-order valence-corrected chi connectivity index (χ3v) is 17.7. The highest BCUT2D eigenvalue weighted by Crippen LogP contribution is 2.55.